The van der Waals surface area contributed by atoms with Crippen molar-refractivity contribution < 1.29 is 4.79 Å². The van der Waals surface area contributed by atoms with Gasteiger partial charge < -0.3 is 10.2 Å². The van der Waals surface area contributed by atoms with Crippen molar-refractivity contribution in [3.63, 3.8) is 0 Å². The molecular weight excluding hydrogens is 348 g/mol. The number of urea groups is 1. The van der Waals surface area contributed by atoms with Crippen molar-refractivity contribution in [1.29, 1.82) is 5.26 Å². The summed E-state index contributed by atoms with van der Waals surface area (Å²) < 4.78 is 0. The molecule has 1 heterocycles. The Labute approximate surface area is 167 Å². The van der Waals surface area contributed by atoms with E-state index in [0.29, 0.717) is 24.6 Å². The number of hydrogen-bond acceptors (Lipinski definition) is 3. The molecule has 0 bridgehead atoms. The van der Waals surface area contributed by atoms with Gasteiger partial charge in [-0.25, -0.2) is 4.79 Å². The monoisotopic (exact) mass is 376 g/mol. The van der Waals surface area contributed by atoms with Crippen molar-refractivity contribution in [2.45, 2.75) is 25.9 Å². The van der Waals surface area contributed by atoms with Gasteiger partial charge in [0.05, 0.1) is 11.6 Å². The van der Waals surface area contributed by atoms with Crippen LogP contribution in [0.5, 0.6) is 0 Å². The molecule has 3 rings (SSSR count). The molecule has 1 aliphatic rings. The first-order valence-corrected chi connectivity index (χ1v) is 9.88. The summed E-state index contributed by atoms with van der Waals surface area (Å²) in [6.07, 6.45) is 2.33. The van der Waals surface area contributed by atoms with Gasteiger partial charge in [-0.3, -0.25) is 4.90 Å². The number of rotatable bonds is 6. The van der Waals surface area contributed by atoms with Gasteiger partial charge in [0, 0.05) is 33.2 Å². The summed E-state index contributed by atoms with van der Waals surface area (Å²) in [5, 5.41) is 12.0. The van der Waals surface area contributed by atoms with Crippen LogP contribution in [0.15, 0.2) is 54.6 Å². The number of carbonyl (C=O) groups excluding carboxylic acids is 1. The summed E-state index contributed by atoms with van der Waals surface area (Å²) in [7, 11) is 1.80. The topological polar surface area (TPSA) is 59.4 Å². The number of hydrogen-bond donors (Lipinski definition) is 1. The van der Waals surface area contributed by atoms with Crippen LogP contribution in [0.3, 0.4) is 0 Å². The number of nitrogens with one attached hydrogen (secondary N) is 1. The molecule has 1 atom stereocenters. The molecule has 1 fully saturated rings. The Bertz CT molecular complexity index is 798. The molecule has 28 heavy (non-hydrogen) atoms. The predicted octanol–water partition coefficient (Wildman–Crippen LogP) is 3.61. The number of benzene rings is 2. The standard InChI is InChI=1S/C23H28N4O/c1-26(16-21-11-9-19(14-24)10-12-21)23(28)25-15-22-8-5-13-27(18-22)17-20-6-3-2-4-7-20/h2-4,6-7,9-12,22H,5,8,13,15-18H2,1H3,(H,25,28)/t22-/m1/s1. The van der Waals surface area contributed by atoms with Crippen LogP contribution in [0.25, 0.3) is 0 Å². The van der Waals surface area contributed by atoms with E-state index in [1.807, 2.05) is 18.2 Å². The Balaban J connectivity index is 1.43. The fourth-order valence-corrected chi connectivity index (χ4v) is 3.70. The first-order chi connectivity index (χ1) is 13.6. The Morgan fingerprint density at radius 3 is 2.64 bits per heavy atom. The summed E-state index contributed by atoms with van der Waals surface area (Å²) in [5.74, 6) is 0.490. The molecule has 0 spiro atoms. The average Bonchev–Trinajstić information content (AvgIpc) is 2.73. The molecule has 1 aliphatic heterocycles. The minimum absolute atomic E-state index is 0.0513. The molecule has 0 aromatic heterocycles. The molecule has 0 radical (unpaired) electrons. The molecule has 146 valence electrons. The number of carbonyl (C=O) groups is 1. The van der Waals surface area contributed by atoms with E-state index in [4.69, 9.17) is 5.26 Å². The van der Waals surface area contributed by atoms with E-state index in [2.05, 4.69) is 40.6 Å². The van der Waals surface area contributed by atoms with Gasteiger partial charge in [-0.05, 0) is 48.6 Å². The quantitative estimate of drug-likeness (QED) is 0.838. The number of nitriles is 1. The molecule has 0 saturated carbocycles. The predicted molar refractivity (Wildman–Crippen MR) is 110 cm³/mol. The summed E-state index contributed by atoms with van der Waals surface area (Å²) >= 11 is 0. The van der Waals surface area contributed by atoms with Crippen LogP contribution in [0, 0.1) is 17.2 Å². The molecule has 2 aromatic rings. The smallest absolute Gasteiger partial charge is 0.317 e. The highest BCUT2D eigenvalue weighted by atomic mass is 16.2. The maximum absolute atomic E-state index is 12.4. The van der Waals surface area contributed by atoms with Gasteiger partial charge in [0.1, 0.15) is 0 Å². The number of amides is 2. The number of likely N-dealkylation sites (tertiary alicyclic amines) is 1. The lowest BCUT2D eigenvalue weighted by molar-refractivity contribution is 0.161. The largest absolute Gasteiger partial charge is 0.338 e. The molecular formula is C23H28N4O. The van der Waals surface area contributed by atoms with E-state index in [1.54, 1.807) is 24.1 Å². The van der Waals surface area contributed by atoms with Gasteiger partial charge in [-0.15, -0.1) is 0 Å². The maximum atomic E-state index is 12.4. The third-order valence-electron chi connectivity index (χ3n) is 5.24. The highest BCUT2D eigenvalue weighted by Gasteiger charge is 2.21. The second kappa shape index (κ2) is 9.91. The highest BCUT2D eigenvalue weighted by Crippen LogP contribution is 2.18. The van der Waals surface area contributed by atoms with Crippen LogP contribution in [0.1, 0.15) is 29.5 Å². The second-order valence-electron chi connectivity index (χ2n) is 7.58. The molecule has 1 saturated heterocycles. The summed E-state index contributed by atoms with van der Waals surface area (Å²) in [6, 6.07) is 20.0. The molecule has 5 heteroatoms. The van der Waals surface area contributed by atoms with E-state index in [-0.39, 0.29) is 6.03 Å². The van der Waals surface area contributed by atoms with Crippen molar-refractivity contribution in [3.8, 4) is 6.07 Å². The average molecular weight is 377 g/mol. The van der Waals surface area contributed by atoms with Crippen LogP contribution < -0.4 is 5.32 Å². The molecule has 0 unspecified atom stereocenters. The fourth-order valence-electron chi connectivity index (χ4n) is 3.70. The Morgan fingerprint density at radius 1 is 1.18 bits per heavy atom. The van der Waals surface area contributed by atoms with E-state index in [0.717, 1.165) is 31.6 Å². The minimum Gasteiger partial charge on any atom is -0.338 e. The van der Waals surface area contributed by atoms with Crippen LogP contribution in [0.4, 0.5) is 4.79 Å². The van der Waals surface area contributed by atoms with Crippen molar-refractivity contribution in [2.24, 2.45) is 5.92 Å². The van der Waals surface area contributed by atoms with E-state index < -0.39 is 0 Å². The fraction of sp³-hybridized carbons (Fsp3) is 0.391. The van der Waals surface area contributed by atoms with E-state index in [1.165, 1.54) is 12.0 Å². The van der Waals surface area contributed by atoms with Crippen molar-refractivity contribution in [3.05, 3.63) is 71.3 Å². The lowest BCUT2D eigenvalue weighted by Gasteiger charge is -2.33. The van der Waals surface area contributed by atoms with Gasteiger partial charge in [0.2, 0.25) is 0 Å². The lowest BCUT2D eigenvalue weighted by atomic mass is 9.97. The third kappa shape index (κ3) is 5.83. The van der Waals surface area contributed by atoms with Gasteiger partial charge >= 0.3 is 6.03 Å². The minimum atomic E-state index is -0.0513. The van der Waals surface area contributed by atoms with Gasteiger partial charge in [-0.2, -0.15) is 5.26 Å². The van der Waals surface area contributed by atoms with Gasteiger partial charge in [0.15, 0.2) is 0 Å². The second-order valence-corrected chi connectivity index (χ2v) is 7.58. The highest BCUT2D eigenvalue weighted by molar-refractivity contribution is 5.73. The van der Waals surface area contributed by atoms with Crippen molar-refractivity contribution in [1.82, 2.24) is 15.1 Å². The van der Waals surface area contributed by atoms with Gasteiger partial charge in [0.25, 0.3) is 0 Å². The first-order valence-electron chi connectivity index (χ1n) is 9.88. The lowest BCUT2D eigenvalue weighted by Crippen LogP contribution is -2.43. The Morgan fingerprint density at radius 2 is 1.93 bits per heavy atom. The molecule has 2 aromatic carbocycles. The number of piperidine rings is 1. The third-order valence-corrected chi connectivity index (χ3v) is 5.24. The summed E-state index contributed by atoms with van der Waals surface area (Å²) in [6.45, 7) is 4.36. The Hall–Kier alpha value is -2.84. The molecule has 1 N–H and O–H groups in total. The van der Waals surface area contributed by atoms with Crippen molar-refractivity contribution >= 4 is 6.03 Å². The normalized spacial score (nSPS) is 16.9. The summed E-state index contributed by atoms with van der Waals surface area (Å²) in [4.78, 5) is 16.6. The zero-order chi connectivity index (χ0) is 19.8. The van der Waals surface area contributed by atoms with Crippen LogP contribution in [0.2, 0.25) is 0 Å². The first kappa shape index (κ1) is 19.9. The van der Waals surface area contributed by atoms with Crippen LogP contribution in [-0.2, 0) is 13.1 Å². The van der Waals surface area contributed by atoms with Gasteiger partial charge in [-0.1, -0.05) is 42.5 Å². The van der Waals surface area contributed by atoms with Crippen LogP contribution >= 0.6 is 0 Å². The summed E-state index contributed by atoms with van der Waals surface area (Å²) in [5.41, 5.74) is 2.99. The molecule has 5 nitrogen and oxygen atoms in total. The maximum Gasteiger partial charge on any atom is 0.317 e. The van der Waals surface area contributed by atoms with Crippen LogP contribution in [-0.4, -0.2) is 42.5 Å². The zero-order valence-corrected chi connectivity index (χ0v) is 16.5. The molecule has 0 aliphatic carbocycles. The number of nitrogens with zero attached hydrogens (tertiary/aromatic N) is 3. The van der Waals surface area contributed by atoms with E-state index >= 15 is 0 Å². The molecule has 2 amide bonds. The Kier molecular flexibility index (Phi) is 7.05. The SMILES string of the molecule is CN(Cc1ccc(C#N)cc1)C(=O)NC[C@H]1CCCN(Cc2ccccc2)C1. The van der Waals surface area contributed by atoms with Crippen molar-refractivity contribution in [2.75, 3.05) is 26.7 Å². The zero-order valence-electron chi connectivity index (χ0n) is 16.5. The van der Waals surface area contributed by atoms with E-state index in [9.17, 15) is 4.79 Å².